The maximum absolute atomic E-state index is 11.5. The van der Waals surface area contributed by atoms with Crippen molar-refractivity contribution in [3.05, 3.63) is 24.0 Å². The molecule has 16 heavy (non-hydrogen) atoms. The van der Waals surface area contributed by atoms with Crippen LogP contribution in [-0.2, 0) is 23.1 Å². The summed E-state index contributed by atoms with van der Waals surface area (Å²) in [7, 11) is 3.53. The van der Waals surface area contributed by atoms with Crippen molar-refractivity contribution in [2.24, 2.45) is 12.8 Å². The fourth-order valence-corrected chi connectivity index (χ4v) is 1.36. The van der Waals surface area contributed by atoms with Crippen LogP contribution < -0.4 is 11.1 Å². The van der Waals surface area contributed by atoms with Crippen LogP contribution in [0.1, 0.15) is 12.0 Å². The molecule has 0 aliphatic carbocycles. The van der Waals surface area contributed by atoms with Crippen LogP contribution in [0.4, 0.5) is 0 Å². The summed E-state index contributed by atoms with van der Waals surface area (Å²) in [4.78, 5) is 11.5. The minimum Gasteiger partial charge on any atom is -0.385 e. The number of amides is 1. The van der Waals surface area contributed by atoms with E-state index in [-0.39, 0.29) is 5.91 Å². The molecular formula is C11H19N3O2. The molecule has 0 aliphatic heterocycles. The number of carbonyl (C=O) groups excluding carboxylic acids is 1. The van der Waals surface area contributed by atoms with Gasteiger partial charge >= 0.3 is 0 Å². The summed E-state index contributed by atoms with van der Waals surface area (Å²) in [6.45, 7) is 1.01. The van der Waals surface area contributed by atoms with E-state index < -0.39 is 6.04 Å². The highest BCUT2D eigenvalue weighted by Crippen LogP contribution is 1.99. The number of methoxy groups -OCH3 is 1. The van der Waals surface area contributed by atoms with Crippen molar-refractivity contribution in [1.82, 2.24) is 9.88 Å². The summed E-state index contributed by atoms with van der Waals surface area (Å²) >= 11 is 0. The molecule has 5 heteroatoms. The summed E-state index contributed by atoms with van der Waals surface area (Å²) < 4.78 is 6.80. The molecule has 0 saturated carbocycles. The standard InChI is InChI=1S/C11H19N3O2/c1-14-5-3-9(8-14)7-13-11(15)10(12)4-6-16-2/h3,5,8,10H,4,6-7,12H2,1-2H3,(H,13,15). The number of hydrogen-bond donors (Lipinski definition) is 2. The van der Waals surface area contributed by atoms with Crippen molar-refractivity contribution in [3.8, 4) is 0 Å². The summed E-state index contributed by atoms with van der Waals surface area (Å²) in [6, 6.07) is 1.46. The van der Waals surface area contributed by atoms with Crippen molar-refractivity contribution in [3.63, 3.8) is 0 Å². The highest BCUT2D eigenvalue weighted by atomic mass is 16.5. The third-order valence-corrected chi connectivity index (χ3v) is 2.33. The molecule has 0 aromatic carbocycles. The van der Waals surface area contributed by atoms with E-state index in [0.717, 1.165) is 5.56 Å². The fourth-order valence-electron chi connectivity index (χ4n) is 1.36. The van der Waals surface area contributed by atoms with Gasteiger partial charge in [-0.05, 0) is 18.1 Å². The first-order chi connectivity index (χ1) is 7.63. The minimum atomic E-state index is -0.497. The summed E-state index contributed by atoms with van der Waals surface area (Å²) in [5.41, 5.74) is 6.74. The van der Waals surface area contributed by atoms with E-state index in [1.165, 1.54) is 0 Å². The first-order valence-electron chi connectivity index (χ1n) is 5.26. The van der Waals surface area contributed by atoms with Gasteiger partial charge in [-0.3, -0.25) is 4.79 Å². The van der Waals surface area contributed by atoms with Crippen LogP contribution in [-0.4, -0.2) is 30.2 Å². The van der Waals surface area contributed by atoms with Crippen molar-refractivity contribution < 1.29 is 9.53 Å². The molecule has 1 aromatic rings. The van der Waals surface area contributed by atoms with E-state index in [9.17, 15) is 4.79 Å². The Balaban J connectivity index is 2.29. The van der Waals surface area contributed by atoms with Crippen molar-refractivity contribution >= 4 is 5.91 Å². The summed E-state index contributed by atoms with van der Waals surface area (Å²) in [5.74, 6) is -0.138. The molecule has 1 rings (SSSR count). The zero-order valence-corrected chi connectivity index (χ0v) is 9.77. The van der Waals surface area contributed by atoms with Crippen LogP contribution in [0.25, 0.3) is 0 Å². The molecule has 3 N–H and O–H groups in total. The monoisotopic (exact) mass is 225 g/mol. The molecule has 1 atom stereocenters. The van der Waals surface area contributed by atoms with Gasteiger partial charge in [0.15, 0.2) is 0 Å². The number of ether oxygens (including phenoxy) is 1. The van der Waals surface area contributed by atoms with Crippen LogP contribution in [0, 0.1) is 0 Å². The van der Waals surface area contributed by atoms with E-state index >= 15 is 0 Å². The second-order valence-electron chi connectivity index (χ2n) is 3.79. The van der Waals surface area contributed by atoms with E-state index in [4.69, 9.17) is 10.5 Å². The van der Waals surface area contributed by atoms with Crippen LogP contribution in [0.3, 0.4) is 0 Å². The third-order valence-electron chi connectivity index (χ3n) is 2.33. The Morgan fingerprint density at radius 2 is 2.44 bits per heavy atom. The predicted octanol–water partition coefficient (Wildman–Crippen LogP) is 0.00510. The van der Waals surface area contributed by atoms with E-state index in [2.05, 4.69) is 5.32 Å². The lowest BCUT2D eigenvalue weighted by Crippen LogP contribution is -2.40. The number of rotatable bonds is 6. The molecule has 0 fully saturated rings. The fraction of sp³-hybridized carbons (Fsp3) is 0.545. The number of aryl methyl sites for hydroxylation is 1. The Hall–Kier alpha value is -1.33. The Bertz CT molecular complexity index is 336. The van der Waals surface area contributed by atoms with Gasteiger partial charge in [-0.25, -0.2) is 0 Å². The van der Waals surface area contributed by atoms with Gasteiger partial charge in [-0.15, -0.1) is 0 Å². The summed E-state index contributed by atoms with van der Waals surface area (Å²) in [5, 5.41) is 2.79. The Morgan fingerprint density at radius 1 is 1.69 bits per heavy atom. The topological polar surface area (TPSA) is 69.3 Å². The van der Waals surface area contributed by atoms with Crippen molar-refractivity contribution in [2.45, 2.75) is 19.0 Å². The van der Waals surface area contributed by atoms with Gasteiger partial charge in [0.05, 0.1) is 6.04 Å². The average molecular weight is 225 g/mol. The highest BCUT2D eigenvalue weighted by molar-refractivity contribution is 5.81. The van der Waals surface area contributed by atoms with Crippen LogP contribution >= 0.6 is 0 Å². The highest BCUT2D eigenvalue weighted by Gasteiger charge is 2.12. The van der Waals surface area contributed by atoms with Gasteiger partial charge in [0.2, 0.25) is 5.91 Å². The van der Waals surface area contributed by atoms with Gasteiger partial charge in [0, 0.05) is 39.7 Å². The summed E-state index contributed by atoms with van der Waals surface area (Å²) in [6.07, 6.45) is 4.43. The molecule has 0 bridgehead atoms. The number of nitrogens with one attached hydrogen (secondary N) is 1. The normalized spacial score (nSPS) is 12.4. The Morgan fingerprint density at radius 3 is 3.00 bits per heavy atom. The number of nitrogens with two attached hydrogens (primary N) is 1. The van der Waals surface area contributed by atoms with Crippen LogP contribution in [0.2, 0.25) is 0 Å². The SMILES string of the molecule is COCCC(N)C(=O)NCc1ccn(C)c1. The van der Waals surface area contributed by atoms with E-state index in [1.807, 2.05) is 30.1 Å². The van der Waals surface area contributed by atoms with Crippen LogP contribution in [0.5, 0.6) is 0 Å². The number of nitrogens with zero attached hydrogens (tertiary/aromatic N) is 1. The first-order valence-corrected chi connectivity index (χ1v) is 5.26. The molecule has 1 amide bonds. The zero-order valence-electron chi connectivity index (χ0n) is 9.77. The second-order valence-corrected chi connectivity index (χ2v) is 3.79. The van der Waals surface area contributed by atoms with Gasteiger partial charge in [-0.1, -0.05) is 0 Å². The van der Waals surface area contributed by atoms with Crippen molar-refractivity contribution in [1.29, 1.82) is 0 Å². The smallest absolute Gasteiger partial charge is 0.237 e. The first kappa shape index (κ1) is 12.7. The lowest BCUT2D eigenvalue weighted by atomic mass is 10.2. The molecule has 0 spiro atoms. The molecule has 0 aliphatic rings. The Labute approximate surface area is 95.6 Å². The molecule has 1 unspecified atom stereocenters. The molecular weight excluding hydrogens is 206 g/mol. The lowest BCUT2D eigenvalue weighted by Gasteiger charge is -2.10. The van der Waals surface area contributed by atoms with E-state index in [0.29, 0.717) is 19.6 Å². The molecule has 1 aromatic heterocycles. The zero-order chi connectivity index (χ0) is 12.0. The maximum Gasteiger partial charge on any atom is 0.237 e. The van der Waals surface area contributed by atoms with Crippen LogP contribution in [0.15, 0.2) is 18.5 Å². The quantitative estimate of drug-likeness (QED) is 0.716. The molecule has 0 radical (unpaired) electrons. The van der Waals surface area contributed by atoms with Gasteiger partial charge < -0.3 is 20.4 Å². The van der Waals surface area contributed by atoms with Gasteiger partial charge in [0.25, 0.3) is 0 Å². The predicted molar refractivity (Wildman–Crippen MR) is 61.7 cm³/mol. The largest absolute Gasteiger partial charge is 0.385 e. The minimum absolute atomic E-state index is 0.138. The number of carbonyl (C=O) groups is 1. The van der Waals surface area contributed by atoms with Gasteiger partial charge in [-0.2, -0.15) is 0 Å². The lowest BCUT2D eigenvalue weighted by molar-refractivity contribution is -0.122. The van der Waals surface area contributed by atoms with Crippen molar-refractivity contribution in [2.75, 3.05) is 13.7 Å². The maximum atomic E-state index is 11.5. The second kappa shape index (κ2) is 6.30. The molecule has 1 heterocycles. The average Bonchev–Trinajstić information content (AvgIpc) is 2.68. The molecule has 90 valence electrons. The number of aromatic nitrogens is 1. The van der Waals surface area contributed by atoms with E-state index in [1.54, 1.807) is 7.11 Å². The van der Waals surface area contributed by atoms with Gasteiger partial charge in [0.1, 0.15) is 0 Å². The molecule has 5 nitrogen and oxygen atoms in total. The third kappa shape index (κ3) is 4.04. The Kier molecular flexibility index (Phi) is 5.01. The molecule has 0 saturated heterocycles. The number of hydrogen-bond acceptors (Lipinski definition) is 3.